The van der Waals surface area contributed by atoms with E-state index < -0.39 is 5.97 Å². The lowest BCUT2D eigenvalue weighted by molar-refractivity contribution is -0.131. The van der Waals surface area contributed by atoms with Gasteiger partial charge in [0.2, 0.25) is 0 Å². The summed E-state index contributed by atoms with van der Waals surface area (Å²) in [5, 5.41) is 1.35. The van der Waals surface area contributed by atoms with Gasteiger partial charge in [0.15, 0.2) is 12.1 Å². The van der Waals surface area contributed by atoms with Gasteiger partial charge < -0.3 is 13.9 Å². The Hall–Kier alpha value is -3.69. The van der Waals surface area contributed by atoms with Crippen molar-refractivity contribution in [3.8, 4) is 22.9 Å². The highest BCUT2D eigenvalue weighted by atomic mass is 35.5. The van der Waals surface area contributed by atoms with Crippen LogP contribution in [0, 0.1) is 0 Å². The first kappa shape index (κ1) is 22.8. The van der Waals surface area contributed by atoms with E-state index in [1.165, 1.54) is 24.7 Å². The Balaban J connectivity index is 1.67. The predicted molar refractivity (Wildman–Crippen MR) is 137 cm³/mol. The van der Waals surface area contributed by atoms with Crippen molar-refractivity contribution in [2.24, 2.45) is 0 Å². The van der Waals surface area contributed by atoms with Crippen LogP contribution in [0.1, 0.15) is 37.0 Å². The average molecular weight is 522 g/mol. The third kappa shape index (κ3) is 3.84. The van der Waals surface area contributed by atoms with Crippen molar-refractivity contribution in [2.75, 3.05) is 7.11 Å². The van der Waals surface area contributed by atoms with E-state index in [1.54, 1.807) is 30.0 Å². The largest absolute Gasteiger partial charge is 0.497 e. The highest BCUT2D eigenvalue weighted by Crippen LogP contribution is 2.46. The van der Waals surface area contributed by atoms with E-state index in [2.05, 4.69) is 4.98 Å². The molecule has 1 aliphatic rings. The van der Waals surface area contributed by atoms with Gasteiger partial charge in [0.1, 0.15) is 22.2 Å². The quantitative estimate of drug-likeness (QED) is 0.206. The van der Waals surface area contributed by atoms with Gasteiger partial charge in [-0.2, -0.15) is 0 Å². The molecule has 1 fully saturated rings. The number of halogens is 1. The summed E-state index contributed by atoms with van der Waals surface area (Å²) in [5.74, 6) is 1.94. The summed E-state index contributed by atoms with van der Waals surface area (Å²) in [4.78, 5) is 35.3. The van der Waals surface area contributed by atoms with E-state index in [9.17, 15) is 9.59 Å². The van der Waals surface area contributed by atoms with Gasteiger partial charge in [0, 0.05) is 17.9 Å². The Bertz CT molecular complexity index is 1700. The van der Waals surface area contributed by atoms with Crippen LogP contribution < -0.4 is 15.0 Å². The molecule has 0 saturated heterocycles. The van der Waals surface area contributed by atoms with E-state index in [4.69, 9.17) is 30.5 Å². The van der Waals surface area contributed by atoms with Crippen LogP contribution in [0.25, 0.3) is 31.7 Å². The highest BCUT2D eigenvalue weighted by molar-refractivity contribution is 7.25. The molecule has 0 atom stereocenters. The number of carbonyl (C=O) groups is 1. The van der Waals surface area contributed by atoms with Crippen molar-refractivity contribution < 1.29 is 18.7 Å². The molecule has 10 heteroatoms. The van der Waals surface area contributed by atoms with Gasteiger partial charge in [-0.25, -0.2) is 9.97 Å². The number of esters is 1. The number of hydrogen-bond acceptors (Lipinski definition) is 8. The zero-order chi connectivity index (χ0) is 25.0. The Labute approximate surface area is 214 Å². The number of fused-ring (bicyclic) bond motifs is 3. The predicted octanol–water partition coefficient (Wildman–Crippen LogP) is 5.78. The van der Waals surface area contributed by atoms with Crippen molar-refractivity contribution in [3.63, 3.8) is 0 Å². The number of hydrogen-bond donors (Lipinski definition) is 0. The highest BCUT2D eigenvalue weighted by Gasteiger charge is 2.29. The SMILES string of the molecule is COc1ccc(-c2nc3sc4c(OC(C)=O)c(Cl)ccc4c3c(=O)n2Cc2cnco2)c(C2CC2)c1. The molecule has 0 bridgehead atoms. The van der Waals surface area contributed by atoms with Crippen LogP contribution in [-0.4, -0.2) is 27.6 Å². The van der Waals surface area contributed by atoms with E-state index in [0.29, 0.717) is 37.8 Å². The van der Waals surface area contributed by atoms with E-state index >= 15 is 0 Å². The molecular weight excluding hydrogens is 502 g/mol. The van der Waals surface area contributed by atoms with Crippen LogP contribution in [0.5, 0.6) is 11.5 Å². The summed E-state index contributed by atoms with van der Waals surface area (Å²) in [6.07, 6.45) is 5.06. The van der Waals surface area contributed by atoms with Crippen molar-refractivity contribution in [2.45, 2.75) is 32.2 Å². The average Bonchev–Trinajstić information content (AvgIpc) is 3.45. The Morgan fingerprint density at radius 2 is 2.11 bits per heavy atom. The fourth-order valence-corrected chi connectivity index (χ4v) is 5.84. The summed E-state index contributed by atoms with van der Waals surface area (Å²) in [6.45, 7) is 1.47. The molecule has 0 amide bonds. The summed E-state index contributed by atoms with van der Waals surface area (Å²) in [6, 6.07) is 9.22. The molecule has 0 aliphatic heterocycles. The maximum absolute atomic E-state index is 14.1. The molecule has 8 nitrogen and oxygen atoms in total. The summed E-state index contributed by atoms with van der Waals surface area (Å²) >= 11 is 7.63. The number of oxazole rings is 1. The van der Waals surface area contributed by atoms with Gasteiger partial charge in [-0.05, 0) is 48.6 Å². The standard InChI is InChI=1S/C26H20ClN3O5S/c1-13(31)35-22-20(27)8-7-18-21-25(36-23(18)22)29-24(30(26(21)32)11-16-10-28-12-34-16)17-6-5-15(33-2)9-19(17)14-3-4-14/h5-10,12,14H,3-4,11H2,1-2H3. The minimum atomic E-state index is -0.495. The van der Waals surface area contributed by atoms with E-state index in [-0.39, 0.29) is 22.9 Å². The molecular formula is C26H20ClN3O5S. The van der Waals surface area contributed by atoms with Crippen molar-refractivity contribution >= 4 is 49.2 Å². The molecule has 1 aliphatic carbocycles. The molecule has 2 aromatic carbocycles. The smallest absolute Gasteiger partial charge is 0.308 e. The van der Waals surface area contributed by atoms with Crippen LogP contribution in [0.15, 0.2) is 52.1 Å². The Morgan fingerprint density at radius 1 is 1.28 bits per heavy atom. The third-order valence-corrected chi connectivity index (χ3v) is 7.62. The van der Waals surface area contributed by atoms with E-state index in [1.807, 2.05) is 18.2 Å². The second-order valence-corrected chi connectivity index (χ2v) is 10.1. The molecule has 3 aromatic heterocycles. The minimum Gasteiger partial charge on any atom is -0.497 e. The van der Waals surface area contributed by atoms with Crippen LogP contribution >= 0.6 is 22.9 Å². The first-order valence-electron chi connectivity index (χ1n) is 11.3. The molecule has 5 aromatic rings. The first-order chi connectivity index (χ1) is 17.4. The van der Waals surface area contributed by atoms with Crippen LogP contribution in [-0.2, 0) is 11.3 Å². The topological polar surface area (TPSA) is 96.5 Å². The van der Waals surface area contributed by atoms with Gasteiger partial charge in [-0.1, -0.05) is 17.7 Å². The fraction of sp³-hybridized carbons (Fsp3) is 0.231. The fourth-order valence-electron chi connectivity index (χ4n) is 4.44. The molecule has 182 valence electrons. The number of carbonyl (C=O) groups excluding carboxylic acids is 1. The lowest BCUT2D eigenvalue weighted by atomic mass is 10.0. The number of nitrogens with zero attached hydrogens (tertiary/aromatic N) is 3. The molecule has 0 unspecified atom stereocenters. The Morgan fingerprint density at radius 3 is 2.81 bits per heavy atom. The van der Waals surface area contributed by atoms with Crippen molar-refractivity contribution in [1.82, 2.24) is 14.5 Å². The lowest BCUT2D eigenvalue weighted by Gasteiger charge is -2.15. The molecule has 0 N–H and O–H groups in total. The maximum Gasteiger partial charge on any atom is 0.308 e. The normalized spacial score (nSPS) is 13.4. The van der Waals surface area contributed by atoms with Crippen molar-refractivity contribution in [1.29, 1.82) is 0 Å². The summed E-state index contributed by atoms with van der Waals surface area (Å²) < 4.78 is 18.6. The number of rotatable bonds is 6. The first-order valence-corrected chi connectivity index (χ1v) is 12.5. The Kier molecular flexibility index (Phi) is 5.54. The molecule has 36 heavy (non-hydrogen) atoms. The second kappa shape index (κ2) is 8.76. The number of aromatic nitrogens is 3. The molecule has 3 heterocycles. The van der Waals surface area contributed by atoms with E-state index in [0.717, 1.165) is 29.7 Å². The lowest BCUT2D eigenvalue weighted by Crippen LogP contribution is -2.24. The second-order valence-electron chi connectivity index (χ2n) is 8.65. The van der Waals surface area contributed by atoms with Gasteiger partial charge in [0.05, 0.1) is 35.0 Å². The number of benzene rings is 2. The molecule has 6 rings (SSSR count). The zero-order valence-corrected chi connectivity index (χ0v) is 21.0. The monoisotopic (exact) mass is 521 g/mol. The van der Waals surface area contributed by atoms with Gasteiger partial charge in [-0.15, -0.1) is 11.3 Å². The summed E-state index contributed by atoms with van der Waals surface area (Å²) in [7, 11) is 1.64. The van der Waals surface area contributed by atoms with Gasteiger partial charge >= 0.3 is 5.97 Å². The van der Waals surface area contributed by atoms with Gasteiger partial charge in [-0.3, -0.25) is 14.2 Å². The maximum atomic E-state index is 14.1. The van der Waals surface area contributed by atoms with Crippen LogP contribution in [0.4, 0.5) is 0 Å². The zero-order valence-electron chi connectivity index (χ0n) is 19.4. The minimum absolute atomic E-state index is 0.162. The third-order valence-electron chi connectivity index (χ3n) is 6.23. The van der Waals surface area contributed by atoms with Crippen molar-refractivity contribution in [3.05, 3.63) is 69.6 Å². The number of thiophene rings is 1. The summed E-state index contributed by atoms with van der Waals surface area (Å²) in [5.41, 5.74) is 1.73. The molecule has 0 radical (unpaired) electrons. The molecule has 0 spiro atoms. The van der Waals surface area contributed by atoms with Crippen LogP contribution in [0.3, 0.4) is 0 Å². The number of methoxy groups -OCH3 is 1. The van der Waals surface area contributed by atoms with Crippen LogP contribution in [0.2, 0.25) is 5.02 Å². The van der Waals surface area contributed by atoms with Gasteiger partial charge in [0.25, 0.3) is 5.56 Å². The number of ether oxygens (including phenoxy) is 2. The molecule has 1 saturated carbocycles.